The molecule has 2 fully saturated rings. The molecule has 5 aromatic rings. The van der Waals surface area contributed by atoms with E-state index < -0.39 is 22.8 Å². The lowest BCUT2D eigenvalue weighted by atomic mass is 9.52. The Hall–Kier alpha value is -4.05. The average Bonchev–Trinajstić information content (AvgIpc) is 3.50. The van der Waals surface area contributed by atoms with E-state index in [-0.39, 0.29) is 10.8 Å². The molecule has 61 heavy (non-hydrogen) atoms. The van der Waals surface area contributed by atoms with Gasteiger partial charge in [0, 0.05) is 56.1 Å². The van der Waals surface area contributed by atoms with Crippen LogP contribution in [-0.4, -0.2) is 45.4 Å². The van der Waals surface area contributed by atoms with E-state index in [1.807, 2.05) is 12.1 Å². The lowest BCUT2D eigenvalue weighted by Crippen LogP contribution is -2.44. The Morgan fingerprint density at radius 2 is 1.39 bits per heavy atom. The van der Waals surface area contributed by atoms with Crippen molar-refractivity contribution in [1.82, 2.24) is 0 Å². The third-order valence-electron chi connectivity index (χ3n) is 13.4. The summed E-state index contributed by atoms with van der Waals surface area (Å²) in [5, 5.41) is 1.98. The van der Waals surface area contributed by atoms with Crippen LogP contribution in [0.3, 0.4) is 0 Å². The molecule has 2 aliphatic carbocycles. The fourth-order valence-electron chi connectivity index (χ4n) is 11.5. The van der Waals surface area contributed by atoms with Gasteiger partial charge in [-0.15, -0.1) is 23.5 Å². The molecule has 0 amide bonds. The minimum atomic E-state index is -4.47. The number of morpholine rings is 1. The molecule has 2 heterocycles. The number of hydrogen-bond donors (Lipinski definition) is 0. The van der Waals surface area contributed by atoms with Crippen molar-refractivity contribution in [2.45, 2.75) is 93.7 Å². The van der Waals surface area contributed by atoms with Crippen LogP contribution in [0.2, 0.25) is 0 Å². The van der Waals surface area contributed by atoms with Crippen LogP contribution >= 0.6 is 23.5 Å². The number of hydrogen-bond acceptors (Lipinski definition) is 6. The SMILES string of the molecule is CCCCOc1ccc(C2(c3ccc(N4CCOCC4)cc3)C=Cc3c4c(c5cc(SC)c(SC)cc5c3O2)-c2ccc(C(F)(F)F)cc2C42CC(C)(C)CC(C)(C)C2)cc1. The summed E-state index contributed by atoms with van der Waals surface area (Å²) in [7, 11) is 0. The van der Waals surface area contributed by atoms with Crippen molar-refractivity contribution in [3.05, 3.63) is 118 Å². The van der Waals surface area contributed by atoms with Crippen molar-refractivity contribution in [1.29, 1.82) is 0 Å². The number of benzene rings is 5. The monoisotopic (exact) mass is 863 g/mol. The third-order valence-corrected chi connectivity index (χ3v) is 15.1. The fraction of sp³-hybridized carbons (Fsp3) is 0.423. The molecular weight excluding hydrogens is 808 g/mol. The van der Waals surface area contributed by atoms with Crippen molar-refractivity contribution in [2.24, 2.45) is 10.8 Å². The standard InChI is InChI=1S/C52H56F3NO3S2/c1-8-9-24-58-37-17-12-34(13-18-37)51(33-10-15-36(16-11-33)56-22-25-57-26-23-56)21-20-39-46-45(40-28-43(60-6)44(61-7)29-41(40)47(39)59-51)38-19-14-35(52(53,54)55)27-42(38)50(46)31-48(2,3)30-49(4,5)32-50/h10-21,27-29H,8-9,22-26,30-32H2,1-7H3. The maximum absolute atomic E-state index is 14.7. The van der Waals surface area contributed by atoms with Gasteiger partial charge in [-0.05, 0) is 131 Å². The Balaban J connectivity index is 1.32. The van der Waals surface area contributed by atoms with E-state index in [1.54, 1.807) is 29.6 Å². The number of unbranched alkanes of at least 4 members (excludes halogenated alkanes) is 1. The van der Waals surface area contributed by atoms with Gasteiger partial charge in [-0.25, -0.2) is 0 Å². The molecule has 1 unspecified atom stereocenters. The average molecular weight is 864 g/mol. The largest absolute Gasteiger partial charge is 0.494 e. The summed E-state index contributed by atoms with van der Waals surface area (Å²) in [5.41, 5.74) is 5.28. The van der Waals surface area contributed by atoms with Gasteiger partial charge in [0.25, 0.3) is 0 Å². The van der Waals surface area contributed by atoms with Crippen molar-refractivity contribution in [3.8, 4) is 22.6 Å². The quantitative estimate of drug-likeness (QED) is 0.108. The van der Waals surface area contributed by atoms with E-state index in [0.717, 1.165) is 122 Å². The van der Waals surface area contributed by atoms with Gasteiger partial charge in [0.15, 0.2) is 5.60 Å². The highest BCUT2D eigenvalue weighted by Crippen LogP contribution is 2.67. The van der Waals surface area contributed by atoms with Crippen LogP contribution < -0.4 is 14.4 Å². The summed E-state index contributed by atoms with van der Waals surface area (Å²) in [4.78, 5) is 4.62. The highest BCUT2D eigenvalue weighted by atomic mass is 32.2. The van der Waals surface area contributed by atoms with Gasteiger partial charge in [0.2, 0.25) is 0 Å². The second-order valence-corrected chi connectivity index (χ2v) is 20.7. The Labute approximate surface area is 367 Å². The van der Waals surface area contributed by atoms with Crippen LogP contribution in [0.1, 0.15) is 100 Å². The zero-order valence-corrected chi connectivity index (χ0v) is 38.0. The first-order chi connectivity index (χ1) is 29.1. The molecular formula is C52H56F3NO3S2. The minimum Gasteiger partial charge on any atom is -0.494 e. The first-order valence-corrected chi connectivity index (χ1v) is 24.1. The minimum absolute atomic E-state index is 0.143. The molecule has 0 radical (unpaired) electrons. The molecule has 9 heteroatoms. The molecule has 9 rings (SSSR count). The molecule has 0 aromatic heterocycles. The fourth-order valence-corrected chi connectivity index (χ4v) is 13.0. The van der Waals surface area contributed by atoms with E-state index in [4.69, 9.17) is 14.2 Å². The number of nitrogens with zero attached hydrogens (tertiary/aromatic N) is 1. The lowest BCUT2D eigenvalue weighted by molar-refractivity contribution is -0.137. The van der Waals surface area contributed by atoms with Gasteiger partial charge >= 0.3 is 6.18 Å². The molecule has 1 saturated carbocycles. The van der Waals surface area contributed by atoms with Gasteiger partial charge in [0.05, 0.1) is 25.4 Å². The second-order valence-electron chi connectivity index (χ2n) is 19.0. The Kier molecular flexibility index (Phi) is 10.8. The first-order valence-electron chi connectivity index (χ1n) is 21.7. The zero-order valence-electron chi connectivity index (χ0n) is 36.4. The summed E-state index contributed by atoms with van der Waals surface area (Å²) in [6.07, 6.45) is 8.62. The highest BCUT2D eigenvalue weighted by molar-refractivity contribution is 8.01. The zero-order chi connectivity index (χ0) is 43.0. The van der Waals surface area contributed by atoms with Crippen LogP contribution in [0.25, 0.3) is 28.0 Å². The third kappa shape index (κ3) is 7.34. The number of ether oxygens (including phenoxy) is 3. The molecule has 4 nitrogen and oxygen atoms in total. The van der Waals surface area contributed by atoms with Crippen LogP contribution in [0.4, 0.5) is 18.9 Å². The van der Waals surface area contributed by atoms with E-state index in [0.29, 0.717) is 19.8 Å². The van der Waals surface area contributed by atoms with Gasteiger partial charge in [0.1, 0.15) is 11.5 Å². The van der Waals surface area contributed by atoms with Gasteiger partial charge in [-0.2, -0.15) is 13.2 Å². The summed E-state index contributed by atoms with van der Waals surface area (Å²) >= 11 is 3.40. The van der Waals surface area contributed by atoms with E-state index in [1.165, 1.54) is 12.1 Å². The molecule has 2 aliphatic heterocycles. The Morgan fingerprint density at radius 3 is 2.00 bits per heavy atom. The normalized spacial score (nSPS) is 20.9. The highest BCUT2D eigenvalue weighted by Gasteiger charge is 2.56. The number of alkyl halides is 3. The first kappa shape index (κ1) is 42.3. The van der Waals surface area contributed by atoms with Crippen molar-refractivity contribution in [2.75, 3.05) is 50.3 Å². The smallest absolute Gasteiger partial charge is 0.416 e. The molecule has 320 valence electrons. The number of thioether (sulfide) groups is 2. The predicted molar refractivity (Wildman–Crippen MR) is 247 cm³/mol. The maximum atomic E-state index is 14.7. The molecule has 1 spiro atoms. The molecule has 4 aliphatic rings. The molecule has 1 saturated heterocycles. The van der Waals surface area contributed by atoms with E-state index >= 15 is 0 Å². The number of anilines is 1. The summed E-state index contributed by atoms with van der Waals surface area (Å²) in [6.45, 7) is 15.0. The molecule has 5 aromatic carbocycles. The van der Waals surface area contributed by atoms with Crippen LogP contribution in [0, 0.1) is 10.8 Å². The predicted octanol–water partition coefficient (Wildman–Crippen LogP) is 14.2. The van der Waals surface area contributed by atoms with Crippen LogP contribution in [-0.2, 0) is 21.9 Å². The molecule has 0 N–H and O–H groups in total. The van der Waals surface area contributed by atoms with E-state index in [2.05, 4.69) is 113 Å². The molecule has 0 bridgehead atoms. The van der Waals surface area contributed by atoms with Crippen molar-refractivity contribution in [3.63, 3.8) is 0 Å². The summed E-state index contributed by atoms with van der Waals surface area (Å²) in [6, 6.07) is 26.1. The van der Waals surface area contributed by atoms with Gasteiger partial charge in [-0.1, -0.05) is 77.4 Å². The Morgan fingerprint density at radius 1 is 0.770 bits per heavy atom. The topological polar surface area (TPSA) is 30.9 Å². The van der Waals surface area contributed by atoms with Gasteiger partial charge in [-0.3, -0.25) is 0 Å². The number of halogens is 3. The van der Waals surface area contributed by atoms with Crippen LogP contribution in [0.5, 0.6) is 11.5 Å². The summed E-state index contributed by atoms with van der Waals surface area (Å²) in [5.74, 6) is 1.58. The molecule has 1 atom stereocenters. The van der Waals surface area contributed by atoms with Crippen molar-refractivity contribution >= 4 is 46.1 Å². The number of fused-ring (bicyclic) bond motifs is 10. The number of rotatable bonds is 9. The lowest BCUT2D eigenvalue weighted by Gasteiger charge is -2.52. The maximum Gasteiger partial charge on any atom is 0.416 e. The van der Waals surface area contributed by atoms with Crippen molar-refractivity contribution < 1.29 is 27.4 Å². The second kappa shape index (κ2) is 15.6. The summed E-state index contributed by atoms with van der Waals surface area (Å²) < 4.78 is 63.8. The van der Waals surface area contributed by atoms with Crippen LogP contribution in [0.15, 0.2) is 94.7 Å². The van der Waals surface area contributed by atoms with E-state index in [9.17, 15) is 13.2 Å². The Bertz CT molecular complexity index is 2490. The van der Waals surface area contributed by atoms with Gasteiger partial charge < -0.3 is 19.1 Å².